The molecule has 0 aromatic heterocycles. The van der Waals surface area contributed by atoms with E-state index >= 15 is 0 Å². The summed E-state index contributed by atoms with van der Waals surface area (Å²) in [5.41, 5.74) is 7.50. The lowest BCUT2D eigenvalue weighted by atomic mass is 9.86. The van der Waals surface area contributed by atoms with Crippen LogP contribution in [0.1, 0.15) is 23.6 Å². The Bertz CT molecular complexity index is 890. The van der Waals surface area contributed by atoms with Crippen LogP contribution in [0.3, 0.4) is 0 Å². The number of amides is 1. The number of benzene rings is 2. The zero-order chi connectivity index (χ0) is 18.8. The van der Waals surface area contributed by atoms with E-state index in [1.54, 1.807) is 6.20 Å². The lowest BCUT2D eigenvalue weighted by molar-refractivity contribution is -0.110. The van der Waals surface area contributed by atoms with E-state index in [0.29, 0.717) is 12.1 Å². The van der Waals surface area contributed by atoms with Gasteiger partial charge in [-0.05, 0) is 41.3 Å². The number of fused-ring (bicyclic) bond motifs is 3. The third kappa shape index (κ3) is 3.24. The van der Waals surface area contributed by atoms with Crippen molar-refractivity contribution in [2.45, 2.75) is 19.9 Å². The lowest BCUT2D eigenvalue weighted by Crippen LogP contribution is -2.31. The van der Waals surface area contributed by atoms with Gasteiger partial charge < -0.3 is 15.7 Å². The van der Waals surface area contributed by atoms with E-state index in [-0.39, 0.29) is 12.5 Å². The second kappa shape index (κ2) is 7.55. The maximum Gasteiger partial charge on any atom is 0.257 e. The SMILES string of the molecule is CCN1CCc2c(-c3ccccc3)cc3c(c2C1)NC(=O)/C3=C\NCCO. The quantitative estimate of drug-likeness (QED) is 0.564. The second-order valence-electron chi connectivity index (χ2n) is 6.98. The van der Waals surface area contributed by atoms with Gasteiger partial charge in [0.05, 0.1) is 17.9 Å². The standard InChI is InChI=1S/C22H25N3O2/c1-2-25-10-8-16-17(15-6-4-3-5-7-15)12-18-19(13-23-9-11-26)22(27)24-21(18)20(16)14-25/h3-7,12-13,23,26H,2,8-11,14H2,1H3,(H,24,27)/b19-13-. The first-order valence-electron chi connectivity index (χ1n) is 9.55. The van der Waals surface area contributed by atoms with Gasteiger partial charge in [-0.2, -0.15) is 0 Å². The molecule has 4 rings (SSSR count). The molecular formula is C22H25N3O2. The van der Waals surface area contributed by atoms with Gasteiger partial charge in [-0.25, -0.2) is 0 Å². The Kier molecular flexibility index (Phi) is 4.97. The first-order valence-corrected chi connectivity index (χ1v) is 9.55. The summed E-state index contributed by atoms with van der Waals surface area (Å²) in [6, 6.07) is 12.5. The highest BCUT2D eigenvalue weighted by molar-refractivity contribution is 6.32. The molecule has 0 unspecified atom stereocenters. The molecule has 2 aliphatic rings. The van der Waals surface area contributed by atoms with Crippen molar-refractivity contribution < 1.29 is 9.90 Å². The number of likely N-dealkylation sites (N-methyl/N-ethyl adjacent to an activating group) is 1. The minimum absolute atomic E-state index is 0.0309. The van der Waals surface area contributed by atoms with Crippen LogP contribution in [0.4, 0.5) is 5.69 Å². The number of carbonyl (C=O) groups is 1. The van der Waals surface area contributed by atoms with Gasteiger partial charge in [0, 0.05) is 31.4 Å². The third-order valence-corrected chi connectivity index (χ3v) is 5.42. The molecule has 0 fully saturated rings. The molecule has 1 amide bonds. The molecule has 2 aromatic rings. The van der Waals surface area contributed by atoms with Gasteiger partial charge in [0.15, 0.2) is 0 Å². The van der Waals surface area contributed by atoms with Crippen LogP contribution in [-0.2, 0) is 17.8 Å². The van der Waals surface area contributed by atoms with Crippen LogP contribution in [0.2, 0.25) is 0 Å². The number of nitrogens with one attached hydrogen (secondary N) is 2. The molecule has 0 bridgehead atoms. The molecule has 0 aliphatic carbocycles. The van der Waals surface area contributed by atoms with Crippen LogP contribution in [0.15, 0.2) is 42.6 Å². The summed E-state index contributed by atoms with van der Waals surface area (Å²) in [7, 11) is 0. The first-order chi connectivity index (χ1) is 13.2. The second-order valence-corrected chi connectivity index (χ2v) is 6.98. The molecule has 2 aromatic carbocycles. The topological polar surface area (TPSA) is 64.6 Å². The Hall–Kier alpha value is -2.63. The Labute approximate surface area is 159 Å². The van der Waals surface area contributed by atoms with Crippen LogP contribution < -0.4 is 10.6 Å². The van der Waals surface area contributed by atoms with Crippen molar-refractivity contribution in [2.75, 3.05) is 31.6 Å². The van der Waals surface area contributed by atoms with Gasteiger partial charge in [0.2, 0.25) is 0 Å². The summed E-state index contributed by atoms with van der Waals surface area (Å²) in [6.45, 7) is 5.52. The number of nitrogens with zero attached hydrogens (tertiary/aromatic N) is 1. The molecule has 5 heteroatoms. The molecule has 0 spiro atoms. The molecule has 5 nitrogen and oxygen atoms in total. The van der Waals surface area contributed by atoms with Crippen molar-refractivity contribution in [2.24, 2.45) is 0 Å². The van der Waals surface area contributed by atoms with Crippen LogP contribution >= 0.6 is 0 Å². The van der Waals surface area contributed by atoms with E-state index in [1.807, 2.05) is 6.07 Å². The number of aliphatic hydroxyl groups is 1. The average molecular weight is 363 g/mol. The van der Waals surface area contributed by atoms with E-state index in [0.717, 1.165) is 37.3 Å². The number of carbonyl (C=O) groups excluding carboxylic acids is 1. The van der Waals surface area contributed by atoms with E-state index in [1.165, 1.54) is 22.3 Å². The fourth-order valence-corrected chi connectivity index (χ4v) is 4.00. The first kappa shape index (κ1) is 17.8. The zero-order valence-electron chi connectivity index (χ0n) is 15.6. The minimum atomic E-state index is -0.0866. The van der Waals surface area contributed by atoms with Crippen molar-refractivity contribution in [3.63, 3.8) is 0 Å². The van der Waals surface area contributed by atoms with E-state index in [9.17, 15) is 4.79 Å². The maximum atomic E-state index is 12.6. The van der Waals surface area contributed by atoms with Crippen molar-refractivity contribution >= 4 is 17.2 Å². The van der Waals surface area contributed by atoms with Gasteiger partial charge in [-0.1, -0.05) is 37.3 Å². The summed E-state index contributed by atoms with van der Waals surface area (Å²) in [4.78, 5) is 15.0. The molecule has 2 heterocycles. The van der Waals surface area contributed by atoms with E-state index in [2.05, 4.69) is 52.8 Å². The zero-order valence-corrected chi connectivity index (χ0v) is 15.6. The third-order valence-electron chi connectivity index (χ3n) is 5.42. The Morgan fingerprint density at radius 3 is 2.78 bits per heavy atom. The molecule has 2 aliphatic heterocycles. The van der Waals surface area contributed by atoms with Gasteiger partial charge in [-0.15, -0.1) is 0 Å². The van der Waals surface area contributed by atoms with Gasteiger partial charge in [-0.3, -0.25) is 9.69 Å². The molecule has 0 atom stereocenters. The number of anilines is 1. The fourth-order valence-electron chi connectivity index (χ4n) is 4.00. The fraction of sp³-hybridized carbons (Fsp3) is 0.318. The Balaban J connectivity index is 1.88. The predicted molar refractivity (Wildman–Crippen MR) is 108 cm³/mol. The summed E-state index contributed by atoms with van der Waals surface area (Å²) in [6.07, 6.45) is 2.71. The highest BCUT2D eigenvalue weighted by atomic mass is 16.3. The predicted octanol–water partition coefficient (Wildman–Crippen LogP) is 2.61. The minimum Gasteiger partial charge on any atom is -0.395 e. The van der Waals surface area contributed by atoms with E-state index in [4.69, 9.17) is 5.11 Å². The molecule has 0 radical (unpaired) electrons. The average Bonchev–Trinajstić information content (AvgIpc) is 3.03. The van der Waals surface area contributed by atoms with Gasteiger partial charge in [0.1, 0.15) is 0 Å². The highest BCUT2D eigenvalue weighted by Crippen LogP contribution is 2.43. The summed E-state index contributed by atoms with van der Waals surface area (Å²) in [5.74, 6) is -0.0866. The van der Waals surface area contributed by atoms with Crippen molar-refractivity contribution in [1.82, 2.24) is 10.2 Å². The van der Waals surface area contributed by atoms with E-state index < -0.39 is 0 Å². The monoisotopic (exact) mass is 363 g/mol. The summed E-state index contributed by atoms with van der Waals surface area (Å²) < 4.78 is 0. The molecule has 140 valence electrons. The van der Waals surface area contributed by atoms with Crippen molar-refractivity contribution in [1.29, 1.82) is 0 Å². The summed E-state index contributed by atoms with van der Waals surface area (Å²) >= 11 is 0. The van der Waals surface area contributed by atoms with Crippen molar-refractivity contribution in [3.05, 3.63) is 59.3 Å². The Morgan fingerprint density at radius 1 is 1.22 bits per heavy atom. The normalized spacial score (nSPS) is 17.6. The number of hydrogen-bond donors (Lipinski definition) is 3. The molecule has 3 N–H and O–H groups in total. The Morgan fingerprint density at radius 2 is 2.04 bits per heavy atom. The van der Waals surface area contributed by atoms with Crippen LogP contribution in [0.5, 0.6) is 0 Å². The summed E-state index contributed by atoms with van der Waals surface area (Å²) in [5, 5.41) is 15.1. The lowest BCUT2D eigenvalue weighted by Gasteiger charge is -2.31. The highest BCUT2D eigenvalue weighted by Gasteiger charge is 2.32. The van der Waals surface area contributed by atoms with Gasteiger partial charge >= 0.3 is 0 Å². The van der Waals surface area contributed by atoms with Crippen LogP contribution in [-0.4, -0.2) is 42.2 Å². The van der Waals surface area contributed by atoms with Crippen LogP contribution in [0.25, 0.3) is 16.7 Å². The number of hydrogen-bond acceptors (Lipinski definition) is 4. The maximum absolute atomic E-state index is 12.6. The number of aliphatic hydroxyl groups excluding tert-OH is 1. The van der Waals surface area contributed by atoms with Crippen LogP contribution in [0, 0.1) is 0 Å². The van der Waals surface area contributed by atoms with Gasteiger partial charge in [0.25, 0.3) is 5.91 Å². The largest absolute Gasteiger partial charge is 0.395 e. The molecular weight excluding hydrogens is 338 g/mol. The number of rotatable bonds is 5. The molecule has 27 heavy (non-hydrogen) atoms. The van der Waals surface area contributed by atoms with Crippen molar-refractivity contribution in [3.8, 4) is 11.1 Å². The molecule has 0 saturated heterocycles. The smallest absolute Gasteiger partial charge is 0.257 e. The molecule has 0 saturated carbocycles.